The molecule has 9 heteroatoms. The van der Waals surface area contributed by atoms with Crippen molar-refractivity contribution in [1.82, 2.24) is 4.98 Å². The van der Waals surface area contributed by atoms with E-state index in [9.17, 15) is 16.8 Å². The van der Waals surface area contributed by atoms with E-state index in [-0.39, 0.29) is 0 Å². The van der Waals surface area contributed by atoms with Crippen LogP contribution in [0.4, 0.5) is 0 Å². The zero-order valence-electron chi connectivity index (χ0n) is 6.78. The van der Waals surface area contributed by atoms with E-state index in [0.29, 0.717) is 0 Å². The van der Waals surface area contributed by atoms with Gasteiger partial charge in [-0.2, -0.15) is 0 Å². The Balaban J connectivity index is 3.64. The average Bonchev–Trinajstić information content (AvgIpc) is 2.01. The summed E-state index contributed by atoms with van der Waals surface area (Å²) in [6.45, 7) is 0. The van der Waals surface area contributed by atoms with Crippen LogP contribution in [0.25, 0.3) is 0 Å². The number of hydrogen-bond acceptors (Lipinski definition) is 5. The average molecular weight is 237 g/mol. The number of rotatable bonds is 2. The van der Waals surface area contributed by atoms with Crippen LogP contribution in [0.15, 0.2) is 28.3 Å². The fraction of sp³-hybridized carbons (Fsp3) is 0. The van der Waals surface area contributed by atoms with Gasteiger partial charge in [0.05, 0.1) is 0 Å². The Hall–Kier alpha value is -1.03. The van der Waals surface area contributed by atoms with Crippen LogP contribution in [0.1, 0.15) is 0 Å². The number of nitrogens with zero attached hydrogens (tertiary/aromatic N) is 1. The van der Waals surface area contributed by atoms with Crippen molar-refractivity contribution < 1.29 is 16.8 Å². The molecule has 0 unspecified atom stereocenters. The molecule has 0 aromatic carbocycles. The summed E-state index contributed by atoms with van der Waals surface area (Å²) in [6.07, 6.45) is 1.11. The number of pyridine rings is 1. The van der Waals surface area contributed by atoms with Gasteiger partial charge in [0.1, 0.15) is 4.90 Å². The van der Waals surface area contributed by atoms with E-state index >= 15 is 0 Å². The fourth-order valence-corrected chi connectivity index (χ4v) is 2.62. The summed E-state index contributed by atoms with van der Waals surface area (Å²) in [6, 6.07) is 2.26. The van der Waals surface area contributed by atoms with Gasteiger partial charge in [-0.1, -0.05) is 0 Å². The predicted molar refractivity (Wildman–Crippen MR) is 47.0 cm³/mol. The first-order valence-corrected chi connectivity index (χ1v) is 6.33. The van der Waals surface area contributed by atoms with Crippen LogP contribution in [0.3, 0.4) is 0 Å². The Kier molecular flexibility index (Phi) is 2.58. The van der Waals surface area contributed by atoms with Crippen molar-refractivity contribution in [2.45, 2.75) is 9.92 Å². The molecule has 7 nitrogen and oxygen atoms in total. The number of primary sulfonamides is 2. The third kappa shape index (κ3) is 2.26. The van der Waals surface area contributed by atoms with Gasteiger partial charge >= 0.3 is 0 Å². The van der Waals surface area contributed by atoms with Crippen molar-refractivity contribution in [2.24, 2.45) is 10.3 Å². The third-order valence-corrected chi connectivity index (χ3v) is 3.25. The second-order valence-corrected chi connectivity index (χ2v) is 5.40. The fourth-order valence-electron chi connectivity index (χ4n) is 0.806. The summed E-state index contributed by atoms with van der Waals surface area (Å²) in [7, 11) is -8.33. The zero-order valence-corrected chi connectivity index (χ0v) is 8.42. The van der Waals surface area contributed by atoms with Crippen LogP contribution in [-0.2, 0) is 20.0 Å². The quantitative estimate of drug-likeness (QED) is 0.637. The molecule has 0 amide bonds. The Labute approximate surface area is 80.9 Å². The molecule has 78 valence electrons. The van der Waals surface area contributed by atoms with Crippen LogP contribution < -0.4 is 10.3 Å². The van der Waals surface area contributed by atoms with Crippen LogP contribution in [0, 0.1) is 0 Å². The monoisotopic (exact) mass is 237 g/mol. The van der Waals surface area contributed by atoms with E-state index < -0.39 is 30.0 Å². The second-order valence-electron chi connectivity index (χ2n) is 2.40. The number of aromatic nitrogens is 1. The zero-order chi connectivity index (χ0) is 11.0. The van der Waals surface area contributed by atoms with E-state index in [1.54, 1.807) is 0 Å². The highest BCUT2D eigenvalue weighted by Crippen LogP contribution is 2.14. The molecule has 0 aliphatic heterocycles. The minimum atomic E-state index is -4.19. The summed E-state index contributed by atoms with van der Waals surface area (Å²) in [4.78, 5) is 2.74. The molecule has 0 fully saturated rings. The van der Waals surface area contributed by atoms with Crippen LogP contribution in [0.5, 0.6) is 0 Å². The summed E-state index contributed by atoms with van der Waals surface area (Å²) >= 11 is 0. The van der Waals surface area contributed by atoms with E-state index in [1.165, 1.54) is 6.07 Å². The summed E-state index contributed by atoms with van der Waals surface area (Å²) in [5.74, 6) is 0. The molecule has 1 heterocycles. The standard InChI is InChI=1S/C5H7N3O4S2/c6-13(9,10)4-2-1-3-8-5(4)14(7,11)12/h1-3H,(H2,6,9,10)(H2,7,11,12). The predicted octanol–water partition coefficient (Wildman–Crippen LogP) is -1.62. The minimum absolute atomic E-state index is 0.609. The number of hydrogen-bond donors (Lipinski definition) is 2. The first-order valence-electron chi connectivity index (χ1n) is 3.23. The molecule has 4 N–H and O–H groups in total. The highest BCUT2D eigenvalue weighted by Gasteiger charge is 2.22. The smallest absolute Gasteiger partial charge is 0.242 e. The second kappa shape index (κ2) is 3.28. The molecule has 0 radical (unpaired) electrons. The normalized spacial score (nSPS) is 12.7. The van der Waals surface area contributed by atoms with Gasteiger partial charge in [0.25, 0.3) is 10.0 Å². The molecule has 1 rings (SSSR count). The van der Waals surface area contributed by atoms with Crippen molar-refractivity contribution in [2.75, 3.05) is 0 Å². The Morgan fingerprint density at radius 3 is 2.00 bits per heavy atom. The van der Waals surface area contributed by atoms with Gasteiger partial charge in [-0.25, -0.2) is 32.1 Å². The molecule has 1 aromatic heterocycles. The van der Waals surface area contributed by atoms with Gasteiger partial charge in [-0.15, -0.1) is 0 Å². The van der Waals surface area contributed by atoms with Crippen molar-refractivity contribution in [3.8, 4) is 0 Å². The molecular weight excluding hydrogens is 230 g/mol. The lowest BCUT2D eigenvalue weighted by atomic mass is 10.5. The van der Waals surface area contributed by atoms with E-state index in [2.05, 4.69) is 4.98 Å². The highest BCUT2D eigenvalue weighted by atomic mass is 32.2. The number of sulfonamides is 2. The maximum atomic E-state index is 10.9. The maximum absolute atomic E-state index is 10.9. The van der Waals surface area contributed by atoms with Gasteiger partial charge in [0.15, 0.2) is 5.03 Å². The molecular formula is C5H7N3O4S2. The van der Waals surface area contributed by atoms with Gasteiger partial charge in [-0.3, -0.25) is 0 Å². The largest absolute Gasteiger partial charge is 0.256 e. The first-order chi connectivity index (χ1) is 6.23. The molecule has 0 spiro atoms. The summed E-state index contributed by atoms with van der Waals surface area (Å²) in [5, 5.41) is 8.76. The van der Waals surface area contributed by atoms with E-state index in [0.717, 1.165) is 12.3 Å². The molecule has 1 aromatic rings. The SMILES string of the molecule is NS(=O)(=O)c1cccnc1S(N)(=O)=O. The third-order valence-electron chi connectivity index (χ3n) is 1.31. The van der Waals surface area contributed by atoms with Crippen LogP contribution in [0.2, 0.25) is 0 Å². The molecule has 0 atom stereocenters. The molecule has 0 aliphatic carbocycles. The van der Waals surface area contributed by atoms with Gasteiger partial charge in [0.2, 0.25) is 10.0 Å². The highest BCUT2D eigenvalue weighted by molar-refractivity contribution is 7.92. The topological polar surface area (TPSA) is 133 Å². The van der Waals surface area contributed by atoms with Crippen molar-refractivity contribution in [3.05, 3.63) is 18.3 Å². The lowest BCUT2D eigenvalue weighted by Gasteiger charge is -2.02. The minimum Gasteiger partial charge on any atom is -0.242 e. The Bertz CT molecular complexity index is 497. The van der Waals surface area contributed by atoms with Crippen molar-refractivity contribution >= 4 is 20.0 Å². The lowest BCUT2D eigenvalue weighted by Crippen LogP contribution is -2.21. The molecule has 0 saturated carbocycles. The molecule has 14 heavy (non-hydrogen) atoms. The van der Waals surface area contributed by atoms with E-state index in [4.69, 9.17) is 10.3 Å². The Morgan fingerprint density at radius 2 is 1.64 bits per heavy atom. The number of nitrogens with two attached hydrogens (primary N) is 2. The van der Waals surface area contributed by atoms with Crippen LogP contribution >= 0.6 is 0 Å². The molecule has 0 saturated heterocycles. The van der Waals surface area contributed by atoms with Crippen LogP contribution in [-0.4, -0.2) is 21.8 Å². The summed E-state index contributed by atoms with van der Waals surface area (Å²) < 4.78 is 43.6. The Morgan fingerprint density at radius 1 is 1.07 bits per heavy atom. The van der Waals surface area contributed by atoms with Gasteiger partial charge in [-0.05, 0) is 12.1 Å². The maximum Gasteiger partial charge on any atom is 0.256 e. The lowest BCUT2D eigenvalue weighted by molar-refractivity contribution is 0.579. The first kappa shape index (κ1) is 11.0. The van der Waals surface area contributed by atoms with Gasteiger partial charge < -0.3 is 0 Å². The summed E-state index contributed by atoms with van der Waals surface area (Å²) in [5.41, 5.74) is 0. The van der Waals surface area contributed by atoms with Crippen molar-refractivity contribution in [3.63, 3.8) is 0 Å². The molecule has 0 aliphatic rings. The van der Waals surface area contributed by atoms with Gasteiger partial charge in [0, 0.05) is 6.20 Å². The van der Waals surface area contributed by atoms with Crippen molar-refractivity contribution in [1.29, 1.82) is 0 Å². The molecule has 0 bridgehead atoms. The van der Waals surface area contributed by atoms with E-state index in [1.807, 2.05) is 0 Å².